The van der Waals surface area contributed by atoms with Gasteiger partial charge in [-0.15, -0.1) is 0 Å². The molecule has 0 aliphatic heterocycles. The van der Waals surface area contributed by atoms with Crippen LogP contribution in [0.4, 0.5) is 0 Å². The summed E-state index contributed by atoms with van der Waals surface area (Å²) >= 11 is 0. The van der Waals surface area contributed by atoms with Gasteiger partial charge in [-0.25, -0.2) is 4.68 Å². The predicted octanol–water partition coefficient (Wildman–Crippen LogP) is 4.82. The highest BCUT2D eigenvalue weighted by Crippen LogP contribution is 2.58. The first-order valence-electron chi connectivity index (χ1n) is 10.1. The highest BCUT2D eigenvalue weighted by molar-refractivity contribution is 6.76. The van der Waals surface area contributed by atoms with Gasteiger partial charge in [-0.2, -0.15) is 5.10 Å². The lowest BCUT2D eigenvalue weighted by Gasteiger charge is -2.50. The van der Waals surface area contributed by atoms with Gasteiger partial charge >= 0.3 is 0 Å². The zero-order valence-electron chi connectivity index (χ0n) is 16.6. The van der Waals surface area contributed by atoms with E-state index >= 15 is 0 Å². The molecule has 0 atom stereocenters. The summed E-state index contributed by atoms with van der Waals surface area (Å²) in [6, 6.07) is 1.18. The Labute approximate surface area is 154 Å². The van der Waals surface area contributed by atoms with Crippen LogP contribution in [0.2, 0.25) is 25.7 Å². The highest BCUT2D eigenvalue weighted by atomic mass is 28.3. The van der Waals surface area contributed by atoms with Crippen molar-refractivity contribution in [3.8, 4) is 0 Å². The Kier molecular flexibility index (Phi) is 5.76. The van der Waals surface area contributed by atoms with E-state index in [-0.39, 0.29) is 6.61 Å². The van der Waals surface area contributed by atoms with Gasteiger partial charge in [0.2, 0.25) is 0 Å². The molecule has 1 aromatic heterocycles. The van der Waals surface area contributed by atoms with Crippen LogP contribution in [-0.4, -0.2) is 29.6 Å². The molecule has 2 fully saturated rings. The maximum absolute atomic E-state index is 9.64. The van der Waals surface area contributed by atoms with Crippen LogP contribution < -0.4 is 0 Å². The summed E-state index contributed by atoms with van der Waals surface area (Å²) in [5.41, 5.74) is 3.95. The van der Waals surface area contributed by atoms with E-state index in [1.54, 1.807) is 0 Å². The maximum atomic E-state index is 9.64. The Hall–Kier alpha value is -0.653. The van der Waals surface area contributed by atoms with E-state index < -0.39 is 8.07 Å². The van der Waals surface area contributed by atoms with Gasteiger partial charge in [-0.1, -0.05) is 38.9 Å². The summed E-state index contributed by atoms with van der Waals surface area (Å²) in [6.45, 7) is 10.6. The fourth-order valence-electron chi connectivity index (χ4n) is 4.80. The van der Waals surface area contributed by atoms with Crippen molar-refractivity contribution in [2.45, 2.75) is 96.8 Å². The van der Waals surface area contributed by atoms with E-state index in [4.69, 9.17) is 4.74 Å². The molecule has 142 valence electrons. The molecule has 0 unspecified atom stereocenters. The quantitative estimate of drug-likeness (QED) is 0.557. The smallest absolute Gasteiger partial charge is 0.139 e. The summed E-state index contributed by atoms with van der Waals surface area (Å²) in [4.78, 5) is 0. The minimum atomic E-state index is -1.06. The van der Waals surface area contributed by atoms with Crippen LogP contribution in [-0.2, 0) is 18.1 Å². The van der Waals surface area contributed by atoms with Crippen molar-refractivity contribution in [3.63, 3.8) is 0 Å². The number of rotatable bonds is 7. The fourth-order valence-corrected chi connectivity index (χ4v) is 5.56. The molecule has 1 heterocycles. The second-order valence-corrected chi connectivity index (χ2v) is 15.2. The van der Waals surface area contributed by atoms with Gasteiger partial charge in [-0.3, -0.25) is 0 Å². The molecule has 1 spiro atoms. The summed E-state index contributed by atoms with van der Waals surface area (Å²) in [5, 5.41) is 14.3. The molecule has 2 aliphatic rings. The van der Waals surface area contributed by atoms with Gasteiger partial charge in [0.05, 0.1) is 12.3 Å². The third-order valence-corrected chi connectivity index (χ3v) is 8.06. The third-order valence-electron chi connectivity index (χ3n) is 6.36. The predicted molar refractivity (Wildman–Crippen MR) is 104 cm³/mol. The van der Waals surface area contributed by atoms with Crippen molar-refractivity contribution in [2.24, 2.45) is 5.41 Å². The molecule has 1 N–H and O–H groups in total. The molecule has 5 heteroatoms. The Bertz CT molecular complexity index is 577. The Morgan fingerprint density at radius 2 is 1.88 bits per heavy atom. The topological polar surface area (TPSA) is 47.3 Å². The molecular weight excluding hydrogens is 328 g/mol. The van der Waals surface area contributed by atoms with Crippen LogP contribution >= 0.6 is 0 Å². The third kappa shape index (κ3) is 4.37. The van der Waals surface area contributed by atoms with Crippen molar-refractivity contribution >= 4 is 8.07 Å². The van der Waals surface area contributed by atoms with Crippen molar-refractivity contribution in [2.75, 3.05) is 6.61 Å². The monoisotopic (exact) mass is 364 g/mol. The van der Waals surface area contributed by atoms with Gasteiger partial charge in [0, 0.05) is 26.3 Å². The molecule has 2 aliphatic carbocycles. The molecule has 1 aromatic rings. The summed E-state index contributed by atoms with van der Waals surface area (Å²) < 4.78 is 8.01. The average molecular weight is 365 g/mol. The van der Waals surface area contributed by atoms with Crippen LogP contribution in [0.25, 0.3) is 0 Å². The van der Waals surface area contributed by atoms with E-state index in [0.29, 0.717) is 18.1 Å². The molecule has 4 nitrogen and oxygen atoms in total. The second-order valence-electron chi connectivity index (χ2n) is 9.63. The van der Waals surface area contributed by atoms with E-state index in [1.807, 2.05) is 4.68 Å². The lowest BCUT2D eigenvalue weighted by atomic mass is 9.55. The van der Waals surface area contributed by atoms with Crippen molar-refractivity contribution in [3.05, 3.63) is 17.0 Å². The molecule has 25 heavy (non-hydrogen) atoms. The van der Waals surface area contributed by atoms with E-state index in [0.717, 1.165) is 12.3 Å². The van der Waals surface area contributed by atoms with Gasteiger partial charge < -0.3 is 9.84 Å². The summed E-state index contributed by atoms with van der Waals surface area (Å²) in [5.74, 6) is 0.603. The minimum Gasteiger partial charge on any atom is -0.390 e. The van der Waals surface area contributed by atoms with Crippen LogP contribution in [0.15, 0.2) is 0 Å². The molecule has 0 saturated heterocycles. The number of aliphatic hydroxyl groups is 1. The largest absolute Gasteiger partial charge is 0.390 e. The van der Waals surface area contributed by atoms with Crippen molar-refractivity contribution in [1.29, 1.82) is 0 Å². The lowest BCUT2D eigenvalue weighted by Crippen LogP contribution is -2.38. The van der Waals surface area contributed by atoms with Gasteiger partial charge in [-0.05, 0) is 49.6 Å². The van der Waals surface area contributed by atoms with Crippen LogP contribution in [0.3, 0.4) is 0 Å². The zero-order chi connectivity index (χ0) is 18.1. The number of hydrogen-bond donors (Lipinski definition) is 1. The van der Waals surface area contributed by atoms with Crippen LogP contribution in [0.5, 0.6) is 0 Å². The summed E-state index contributed by atoms with van der Waals surface area (Å²) in [7, 11) is -1.06. The zero-order valence-corrected chi connectivity index (χ0v) is 17.6. The SMILES string of the molecule is Cc1c(CO)nn(COCC[Si](C)(C)C)c1C1CC2(CCCCC2)C1. The first-order chi connectivity index (χ1) is 11.8. The molecule has 0 radical (unpaired) electrons. The van der Waals surface area contributed by atoms with Gasteiger partial charge in [0.15, 0.2) is 0 Å². The normalized spacial score (nSPS) is 20.8. The van der Waals surface area contributed by atoms with E-state index in [2.05, 4.69) is 31.7 Å². The van der Waals surface area contributed by atoms with Gasteiger partial charge in [0.25, 0.3) is 0 Å². The molecule has 2 saturated carbocycles. The highest BCUT2D eigenvalue weighted by Gasteiger charge is 2.46. The minimum absolute atomic E-state index is 0.0264. The van der Waals surface area contributed by atoms with Crippen LogP contribution in [0, 0.1) is 12.3 Å². The number of nitrogens with zero attached hydrogens (tertiary/aromatic N) is 2. The second kappa shape index (κ2) is 7.53. The standard InChI is InChI=1S/C20H36N2O2Si/c1-16-18(14-23)21-22(15-24-10-11-25(2,3)4)19(16)17-12-20(13-17)8-6-5-7-9-20/h17,23H,5-15H2,1-4H3. The van der Waals surface area contributed by atoms with Crippen molar-refractivity contribution < 1.29 is 9.84 Å². The Morgan fingerprint density at radius 3 is 2.48 bits per heavy atom. The fraction of sp³-hybridized carbons (Fsp3) is 0.850. The number of ether oxygens (including phenoxy) is 1. The van der Waals surface area contributed by atoms with Crippen molar-refractivity contribution in [1.82, 2.24) is 9.78 Å². The molecule has 3 rings (SSSR count). The van der Waals surface area contributed by atoms with Gasteiger partial charge in [0.1, 0.15) is 6.73 Å². The molecular formula is C20H36N2O2Si. The lowest BCUT2D eigenvalue weighted by molar-refractivity contribution is 0.0375. The number of aromatic nitrogens is 2. The Balaban J connectivity index is 1.65. The van der Waals surface area contributed by atoms with E-state index in [1.165, 1.54) is 62.2 Å². The van der Waals surface area contributed by atoms with E-state index in [9.17, 15) is 5.11 Å². The number of aliphatic hydroxyl groups excluding tert-OH is 1. The summed E-state index contributed by atoms with van der Waals surface area (Å²) in [6.07, 6.45) is 9.67. The maximum Gasteiger partial charge on any atom is 0.139 e. The molecule has 0 aromatic carbocycles. The first kappa shape index (κ1) is 19.1. The Morgan fingerprint density at radius 1 is 1.20 bits per heavy atom. The molecule has 0 bridgehead atoms. The molecule has 0 amide bonds. The number of hydrogen-bond acceptors (Lipinski definition) is 3. The van der Waals surface area contributed by atoms with Crippen LogP contribution in [0.1, 0.15) is 67.8 Å². The first-order valence-corrected chi connectivity index (χ1v) is 13.8. The average Bonchev–Trinajstić information content (AvgIpc) is 2.85.